The number of carboxylic acids is 1. The molecule has 0 unspecified atom stereocenters. The van der Waals surface area contributed by atoms with E-state index in [4.69, 9.17) is 5.11 Å². The number of carboxylic acid groups (broad SMARTS) is 1. The number of rotatable bonds is 6. The third-order valence-corrected chi connectivity index (χ3v) is 4.03. The summed E-state index contributed by atoms with van der Waals surface area (Å²) in [5.41, 5.74) is 1.52. The first-order valence-electron chi connectivity index (χ1n) is 6.70. The highest BCUT2D eigenvalue weighted by Crippen LogP contribution is 2.28. The molecule has 2 aromatic rings. The van der Waals surface area contributed by atoms with E-state index in [9.17, 15) is 9.59 Å². The zero-order valence-electron chi connectivity index (χ0n) is 11.7. The molecule has 1 N–H and O–H groups in total. The Kier molecular flexibility index (Phi) is 5.17. The molecule has 3 nitrogen and oxygen atoms in total. The van der Waals surface area contributed by atoms with E-state index in [1.54, 1.807) is 11.8 Å². The zero-order chi connectivity index (χ0) is 15.2. The second kappa shape index (κ2) is 7.09. The molecule has 21 heavy (non-hydrogen) atoms. The van der Waals surface area contributed by atoms with Gasteiger partial charge in [0.15, 0.2) is 5.78 Å². The molecule has 0 aromatic heterocycles. The summed E-state index contributed by atoms with van der Waals surface area (Å²) < 4.78 is 0. The van der Waals surface area contributed by atoms with Crippen LogP contribution < -0.4 is 0 Å². The lowest BCUT2D eigenvalue weighted by atomic mass is 10.1. The summed E-state index contributed by atoms with van der Waals surface area (Å²) in [4.78, 5) is 24.3. The van der Waals surface area contributed by atoms with Crippen LogP contribution in [-0.4, -0.2) is 16.9 Å². The normalized spacial score (nSPS) is 10.3. The van der Waals surface area contributed by atoms with Gasteiger partial charge in [-0.2, -0.15) is 0 Å². The van der Waals surface area contributed by atoms with Crippen LogP contribution in [-0.2, 0) is 11.2 Å². The molecule has 4 heteroatoms. The van der Waals surface area contributed by atoms with Gasteiger partial charge >= 0.3 is 5.97 Å². The largest absolute Gasteiger partial charge is 0.481 e. The van der Waals surface area contributed by atoms with E-state index in [0.29, 0.717) is 6.42 Å². The molecule has 0 saturated heterocycles. The molecule has 0 aliphatic heterocycles. The Bertz CT molecular complexity index is 630. The van der Waals surface area contributed by atoms with E-state index in [0.717, 1.165) is 20.9 Å². The molecule has 2 rings (SSSR count). The van der Waals surface area contributed by atoms with Gasteiger partial charge in [-0.15, -0.1) is 0 Å². The average Bonchev–Trinajstić information content (AvgIpc) is 2.49. The third-order valence-electron chi connectivity index (χ3n) is 3.01. The van der Waals surface area contributed by atoms with Crippen LogP contribution in [0.1, 0.15) is 29.3 Å². The minimum atomic E-state index is -0.827. The fourth-order valence-corrected chi connectivity index (χ4v) is 2.72. The van der Waals surface area contributed by atoms with Gasteiger partial charge in [-0.3, -0.25) is 9.59 Å². The second-order valence-electron chi connectivity index (χ2n) is 4.62. The molecule has 108 valence electrons. The van der Waals surface area contributed by atoms with Crippen LogP contribution in [0.2, 0.25) is 0 Å². The van der Waals surface area contributed by atoms with Crippen LogP contribution in [0.25, 0.3) is 0 Å². The maximum atomic E-state index is 11.6. The number of carbonyl (C=O) groups excluding carboxylic acids is 1. The minimum Gasteiger partial charge on any atom is -0.481 e. The first kappa shape index (κ1) is 15.3. The van der Waals surface area contributed by atoms with Gasteiger partial charge in [-0.05, 0) is 29.8 Å². The van der Waals surface area contributed by atoms with Gasteiger partial charge in [0.25, 0.3) is 0 Å². The Morgan fingerprint density at radius 2 is 1.48 bits per heavy atom. The molecule has 0 aliphatic carbocycles. The number of ketones is 1. The predicted molar refractivity (Wildman–Crippen MR) is 83.0 cm³/mol. The monoisotopic (exact) mass is 300 g/mol. The lowest BCUT2D eigenvalue weighted by Crippen LogP contribution is -1.99. The van der Waals surface area contributed by atoms with Crippen molar-refractivity contribution in [2.75, 3.05) is 0 Å². The summed E-state index contributed by atoms with van der Waals surface area (Å²) in [6, 6.07) is 15.0. The average molecular weight is 300 g/mol. The van der Waals surface area contributed by atoms with Crippen molar-refractivity contribution < 1.29 is 14.7 Å². The van der Waals surface area contributed by atoms with Gasteiger partial charge < -0.3 is 5.11 Å². The van der Waals surface area contributed by atoms with Crippen molar-refractivity contribution in [2.45, 2.75) is 29.6 Å². The fourth-order valence-electron chi connectivity index (χ4n) is 1.90. The maximum Gasteiger partial charge on any atom is 0.307 e. The summed E-state index contributed by atoms with van der Waals surface area (Å²) in [5.74, 6) is -0.684. The molecule has 0 saturated carbocycles. The summed E-state index contributed by atoms with van der Waals surface area (Å²) in [6.45, 7) is 1.85. The zero-order valence-corrected chi connectivity index (χ0v) is 12.5. The summed E-state index contributed by atoms with van der Waals surface area (Å²) in [6.07, 6.45) is 0.552. The summed E-state index contributed by atoms with van der Waals surface area (Å²) in [7, 11) is 0. The van der Waals surface area contributed by atoms with Gasteiger partial charge in [0.05, 0.1) is 6.42 Å². The van der Waals surface area contributed by atoms with Crippen LogP contribution in [0, 0.1) is 0 Å². The standard InChI is InChI=1S/C17H16O3S/c1-2-16(18)13-5-9-15(10-6-13)21-14-7-3-12(4-8-14)11-17(19)20/h3-10H,2,11H2,1H3,(H,19,20). The molecule has 0 aliphatic rings. The molecule has 0 fully saturated rings. The molecule has 0 bridgehead atoms. The van der Waals surface area contributed by atoms with Crippen molar-refractivity contribution in [3.05, 3.63) is 59.7 Å². The van der Waals surface area contributed by atoms with Gasteiger partial charge in [0, 0.05) is 21.8 Å². The van der Waals surface area contributed by atoms with Gasteiger partial charge in [-0.1, -0.05) is 43.0 Å². The van der Waals surface area contributed by atoms with Crippen LogP contribution >= 0.6 is 11.8 Å². The first-order valence-corrected chi connectivity index (χ1v) is 7.52. The van der Waals surface area contributed by atoms with Crippen LogP contribution in [0.5, 0.6) is 0 Å². The van der Waals surface area contributed by atoms with Gasteiger partial charge in [0.2, 0.25) is 0 Å². The Hall–Kier alpha value is -2.07. The molecule has 2 aromatic carbocycles. The molecular formula is C17H16O3S. The van der Waals surface area contributed by atoms with Crippen LogP contribution in [0.15, 0.2) is 58.3 Å². The Balaban J connectivity index is 2.04. The maximum absolute atomic E-state index is 11.6. The Morgan fingerprint density at radius 1 is 0.952 bits per heavy atom. The van der Waals surface area contributed by atoms with E-state index in [1.165, 1.54) is 0 Å². The van der Waals surface area contributed by atoms with E-state index >= 15 is 0 Å². The van der Waals surface area contributed by atoms with Crippen molar-refractivity contribution >= 4 is 23.5 Å². The topological polar surface area (TPSA) is 54.4 Å². The number of Topliss-reactive ketones (excluding diaryl/α,β-unsaturated/α-hetero) is 1. The molecule has 0 heterocycles. The summed E-state index contributed by atoms with van der Waals surface area (Å²) >= 11 is 1.58. The Morgan fingerprint density at radius 3 is 1.95 bits per heavy atom. The number of hydrogen-bond donors (Lipinski definition) is 1. The highest BCUT2D eigenvalue weighted by atomic mass is 32.2. The molecular weight excluding hydrogens is 284 g/mol. The van der Waals surface area contributed by atoms with Crippen LogP contribution in [0.3, 0.4) is 0 Å². The van der Waals surface area contributed by atoms with E-state index in [-0.39, 0.29) is 12.2 Å². The lowest BCUT2D eigenvalue weighted by molar-refractivity contribution is -0.136. The highest BCUT2D eigenvalue weighted by molar-refractivity contribution is 7.99. The molecule has 0 radical (unpaired) electrons. The second-order valence-corrected chi connectivity index (χ2v) is 5.76. The smallest absolute Gasteiger partial charge is 0.307 e. The number of aliphatic carboxylic acids is 1. The minimum absolute atomic E-state index is 0.0404. The van der Waals surface area contributed by atoms with E-state index in [1.807, 2.05) is 55.5 Å². The Labute approximate surface area is 128 Å². The van der Waals surface area contributed by atoms with Crippen molar-refractivity contribution in [3.63, 3.8) is 0 Å². The highest BCUT2D eigenvalue weighted by Gasteiger charge is 2.04. The number of carbonyl (C=O) groups is 2. The predicted octanol–water partition coefficient (Wildman–Crippen LogP) is 4.06. The lowest BCUT2D eigenvalue weighted by Gasteiger charge is -2.04. The van der Waals surface area contributed by atoms with E-state index in [2.05, 4.69) is 0 Å². The molecule has 0 atom stereocenters. The number of hydrogen-bond acceptors (Lipinski definition) is 3. The van der Waals surface area contributed by atoms with Crippen molar-refractivity contribution in [2.24, 2.45) is 0 Å². The number of benzene rings is 2. The summed E-state index contributed by atoms with van der Waals surface area (Å²) in [5, 5.41) is 8.73. The third kappa shape index (κ3) is 4.46. The molecule has 0 amide bonds. The van der Waals surface area contributed by atoms with Crippen molar-refractivity contribution in [3.8, 4) is 0 Å². The van der Waals surface area contributed by atoms with Gasteiger partial charge in [-0.25, -0.2) is 0 Å². The van der Waals surface area contributed by atoms with Crippen molar-refractivity contribution in [1.82, 2.24) is 0 Å². The van der Waals surface area contributed by atoms with Gasteiger partial charge in [0.1, 0.15) is 0 Å². The fraction of sp³-hybridized carbons (Fsp3) is 0.176. The SMILES string of the molecule is CCC(=O)c1ccc(Sc2ccc(CC(=O)O)cc2)cc1. The van der Waals surface area contributed by atoms with Crippen LogP contribution in [0.4, 0.5) is 0 Å². The first-order chi connectivity index (χ1) is 10.1. The van der Waals surface area contributed by atoms with E-state index < -0.39 is 5.97 Å². The molecule has 0 spiro atoms. The van der Waals surface area contributed by atoms with Crippen molar-refractivity contribution in [1.29, 1.82) is 0 Å². The quantitative estimate of drug-likeness (QED) is 0.817.